The summed E-state index contributed by atoms with van der Waals surface area (Å²) in [6.45, 7) is 11.2. The maximum atomic E-state index is 13.6. The standard InChI is InChI=1S/C28H37N5O4/c1-18-7-6-8-24(31-28(35)37-5)23(18)17-29-25-16-21(15-22-19(2)20(3)30-26(22)25)27(34)33-11-9-32(10-12-33)13-14-36-4/h6-8,15-16,29-30H,9-14,17H2,1-5H3,(H,31,35). The molecule has 1 aliphatic heterocycles. The summed E-state index contributed by atoms with van der Waals surface area (Å²) in [4.78, 5) is 33.2. The number of piperazine rings is 1. The fourth-order valence-corrected chi connectivity index (χ4v) is 4.79. The predicted octanol–water partition coefficient (Wildman–Crippen LogP) is 4.29. The number of aromatic amines is 1. The number of fused-ring (bicyclic) bond motifs is 1. The molecule has 0 atom stereocenters. The van der Waals surface area contributed by atoms with Crippen LogP contribution in [0, 0.1) is 20.8 Å². The van der Waals surface area contributed by atoms with Crippen LogP contribution in [0.4, 0.5) is 16.2 Å². The first-order valence-corrected chi connectivity index (χ1v) is 12.6. The highest BCUT2D eigenvalue weighted by Crippen LogP contribution is 2.31. The van der Waals surface area contributed by atoms with E-state index in [2.05, 4.69) is 27.4 Å². The first-order valence-electron chi connectivity index (χ1n) is 12.6. The number of amides is 2. The minimum absolute atomic E-state index is 0.0403. The largest absolute Gasteiger partial charge is 0.453 e. The van der Waals surface area contributed by atoms with Crippen molar-refractivity contribution in [1.29, 1.82) is 0 Å². The molecule has 1 fully saturated rings. The lowest BCUT2D eigenvalue weighted by atomic mass is 10.0. The van der Waals surface area contributed by atoms with Gasteiger partial charge in [0.05, 0.1) is 24.9 Å². The summed E-state index contributed by atoms with van der Waals surface area (Å²) >= 11 is 0. The second-order valence-electron chi connectivity index (χ2n) is 9.52. The zero-order valence-electron chi connectivity index (χ0n) is 22.4. The van der Waals surface area contributed by atoms with E-state index in [1.807, 2.05) is 49.1 Å². The monoisotopic (exact) mass is 507 g/mol. The van der Waals surface area contributed by atoms with E-state index >= 15 is 0 Å². The summed E-state index contributed by atoms with van der Waals surface area (Å²) in [5.41, 5.74) is 7.35. The summed E-state index contributed by atoms with van der Waals surface area (Å²) < 4.78 is 9.97. The van der Waals surface area contributed by atoms with Crippen LogP contribution in [-0.2, 0) is 16.0 Å². The first-order chi connectivity index (χ1) is 17.8. The molecule has 0 aliphatic carbocycles. The highest BCUT2D eigenvalue weighted by Gasteiger charge is 2.24. The molecule has 3 N–H and O–H groups in total. The lowest BCUT2D eigenvalue weighted by molar-refractivity contribution is 0.0594. The molecule has 0 unspecified atom stereocenters. The van der Waals surface area contributed by atoms with Crippen LogP contribution in [0.2, 0.25) is 0 Å². The Morgan fingerprint density at radius 3 is 2.49 bits per heavy atom. The number of aromatic nitrogens is 1. The number of carbonyl (C=O) groups excluding carboxylic acids is 2. The van der Waals surface area contributed by atoms with E-state index < -0.39 is 6.09 Å². The van der Waals surface area contributed by atoms with Crippen LogP contribution in [0.1, 0.15) is 32.7 Å². The van der Waals surface area contributed by atoms with Crippen LogP contribution >= 0.6 is 0 Å². The summed E-state index contributed by atoms with van der Waals surface area (Å²) in [6, 6.07) is 9.68. The van der Waals surface area contributed by atoms with E-state index in [4.69, 9.17) is 9.47 Å². The number of hydrogen-bond acceptors (Lipinski definition) is 6. The number of ether oxygens (including phenoxy) is 2. The van der Waals surface area contributed by atoms with Gasteiger partial charge in [0.2, 0.25) is 0 Å². The van der Waals surface area contributed by atoms with E-state index in [1.54, 1.807) is 7.11 Å². The van der Waals surface area contributed by atoms with Gasteiger partial charge in [0.1, 0.15) is 0 Å². The number of anilines is 2. The summed E-state index contributed by atoms with van der Waals surface area (Å²) in [5.74, 6) is 0.0403. The molecule has 2 amide bonds. The van der Waals surface area contributed by atoms with Crippen molar-refractivity contribution < 1.29 is 19.1 Å². The van der Waals surface area contributed by atoms with Crippen LogP contribution in [0.3, 0.4) is 0 Å². The smallest absolute Gasteiger partial charge is 0.411 e. The molecule has 198 valence electrons. The Morgan fingerprint density at radius 2 is 1.78 bits per heavy atom. The molecule has 0 spiro atoms. The van der Waals surface area contributed by atoms with E-state index in [1.165, 1.54) is 7.11 Å². The van der Waals surface area contributed by atoms with E-state index in [-0.39, 0.29) is 5.91 Å². The molecule has 1 aromatic heterocycles. The van der Waals surface area contributed by atoms with Gasteiger partial charge in [0.25, 0.3) is 5.91 Å². The molecule has 2 heterocycles. The first kappa shape index (κ1) is 26.5. The number of aryl methyl sites for hydroxylation is 3. The minimum atomic E-state index is -0.514. The Hall–Kier alpha value is -3.56. The van der Waals surface area contributed by atoms with Crippen LogP contribution in [-0.4, -0.2) is 80.3 Å². The third kappa shape index (κ3) is 5.89. The number of hydrogen-bond donors (Lipinski definition) is 3. The number of carbonyl (C=O) groups is 2. The van der Waals surface area contributed by atoms with Gasteiger partial charge in [0.15, 0.2) is 0 Å². The number of rotatable bonds is 8. The van der Waals surface area contributed by atoms with Gasteiger partial charge in [-0.3, -0.25) is 15.0 Å². The van der Waals surface area contributed by atoms with Crippen LogP contribution in [0.25, 0.3) is 10.9 Å². The minimum Gasteiger partial charge on any atom is -0.453 e. The molecule has 9 heteroatoms. The highest BCUT2D eigenvalue weighted by molar-refractivity contribution is 6.04. The number of H-pyrrole nitrogens is 1. The molecule has 0 saturated carbocycles. The van der Waals surface area contributed by atoms with Crippen molar-refractivity contribution in [3.05, 3.63) is 58.3 Å². The van der Waals surface area contributed by atoms with Crippen molar-refractivity contribution in [2.75, 3.05) is 64.2 Å². The van der Waals surface area contributed by atoms with E-state index in [9.17, 15) is 9.59 Å². The Bertz CT molecular complexity index is 1280. The molecule has 0 radical (unpaired) electrons. The molecule has 4 rings (SSSR count). The predicted molar refractivity (Wildman–Crippen MR) is 147 cm³/mol. The van der Waals surface area contributed by atoms with Gasteiger partial charge < -0.3 is 24.7 Å². The molecular formula is C28H37N5O4. The van der Waals surface area contributed by atoms with Gasteiger partial charge in [-0.25, -0.2) is 4.79 Å². The second-order valence-corrected chi connectivity index (χ2v) is 9.52. The fourth-order valence-electron chi connectivity index (χ4n) is 4.79. The van der Waals surface area contributed by atoms with Crippen molar-refractivity contribution in [2.45, 2.75) is 27.3 Å². The van der Waals surface area contributed by atoms with Crippen LogP contribution in [0.15, 0.2) is 30.3 Å². The highest BCUT2D eigenvalue weighted by atomic mass is 16.5. The summed E-state index contributed by atoms with van der Waals surface area (Å²) in [6.07, 6.45) is -0.514. The maximum Gasteiger partial charge on any atom is 0.411 e. The molecule has 1 aliphatic rings. The van der Waals surface area contributed by atoms with Crippen molar-refractivity contribution in [3.63, 3.8) is 0 Å². The molecule has 0 bridgehead atoms. The molecule has 3 aromatic rings. The molecular weight excluding hydrogens is 470 g/mol. The van der Waals surface area contributed by atoms with Crippen molar-refractivity contribution in [2.24, 2.45) is 0 Å². The Kier molecular flexibility index (Phi) is 8.35. The zero-order valence-corrected chi connectivity index (χ0v) is 22.4. The van der Waals surface area contributed by atoms with Gasteiger partial charge in [-0.15, -0.1) is 0 Å². The molecule has 1 saturated heterocycles. The normalized spacial score (nSPS) is 14.1. The second kappa shape index (κ2) is 11.7. The quantitative estimate of drug-likeness (QED) is 0.421. The summed E-state index contributed by atoms with van der Waals surface area (Å²) in [7, 11) is 3.06. The SMILES string of the molecule is COCCN1CCN(C(=O)c2cc(NCc3c(C)cccc3NC(=O)OC)c3[nH]c(C)c(C)c3c2)CC1. The Balaban J connectivity index is 1.60. The van der Waals surface area contributed by atoms with Gasteiger partial charge in [-0.2, -0.15) is 0 Å². The number of nitrogens with one attached hydrogen (secondary N) is 3. The van der Waals surface area contributed by atoms with Gasteiger partial charge in [-0.05, 0) is 55.7 Å². The maximum absolute atomic E-state index is 13.6. The van der Waals surface area contributed by atoms with Gasteiger partial charge >= 0.3 is 6.09 Å². The Morgan fingerprint density at radius 1 is 1.03 bits per heavy atom. The van der Waals surface area contributed by atoms with Gasteiger partial charge in [0, 0.05) is 68.7 Å². The number of methoxy groups -OCH3 is 2. The fraction of sp³-hybridized carbons (Fsp3) is 0.429. The third-order valence-electron chi connectivity index (χ3n) is 7.22. The van der Waals surface area contributed by atoms with Crippen LogP contribution in [0.5, 0.6) is 0 Å². The van der Waals surface area contributed by atoms with E-state index in [0.717, 1.165) is 58.6 Å². The number of benzene rings is 2. The van der Waals surface area contributed by atoms with Crippen molar-refractivity contribution >= 4 is 34.3 Å². The summed E-state index contributed by atoms with van der Waals surface area (Å²) in [5, 5.41) is 7.35. The van der Waals surface area contributed by atoms with E-state index in [0.29, 0.717) is 37.5 Å². The van der Waals surface area contributed by atoms with Crippen molar-refractivity contribution in [3.8, 4) is 0 Å². The molecule has 37 heavy (non-hydrogen) atoms. The zero-order chi connectivity index (χ0) is 26.5. The number of nitrogens with zero attached hydrogens (tertiary/aromatic N) is 2. The van der Waals surface area contributed by atoms with Crippen molar-refractivity contribution in [1.82, 2.24) is 14.8 Å². The average Bonchev–Trinajstić information content (AvgIpc) is 3.20. The molecule has 9 nitrogen and oxygen atoms in total. The average molecular weight is 508 g/mol. The molecule has 2 aromatic carbocycles. The van der Waals surface area contributed by atoms with Gasteiger partial charge in [-0.1, -0.05) is 12.1 Å². The lowest BCUT2D eigenvalue weighted by Gasteiger charge is -2.34. The third-order valence-corrected chi connectivity index (χ3v) is 7.22. The Labute approximate surface area is 218 Å². The topological polar surface area (TPSA) is 98.9 Å². The lowest BCUT2D eigenvalue weighted by Crippen LogP contribution is -2.49. The van der Waals surface area contributed by atoms with Crippen LogP contribution < -0.4 is 10.6 Å².